The molecule has 1 aliphatic carbocycles. The van der Waals surface area contributed by atoms with E-state index in [1.807, 2.05) is 37.3 Å². The molecule has 1 fully saturated rings. The summed E-state index contributed by atoms with van der Waals surface area (Å²) < 4.78 is 0. The topological polar surface area (TPSA) is 69.6 Å². The standard InChI is InChI=1S/C18H26N2O3/c1-2-19-16(21)12-17(22)20(13-15-8-4-3-5-9-15)14-18(23)10-6-7-11-18/h3-5,8-9,23H,2,6-7,10-14H2,1H3,(H,19,21). The van der Waals surface area contributed by atoms with Crippen molar-refractivity contribution in [3.8, 4) is 0 Å². The molecule has 0 unspecified atom stereocenters. The van der Waals surface area contributed by atoms with Gasteiger partial charge < -0.3 is 15.3 Å². The van der Waals surface area contributed by atoms with Gasteiger partial charge in [0.05, 0.1) is 5.60 Å². The molecule has 2 amide bonds. The summed E-state index contributed by atoms with van der Waals surface area (Å²) in [5.74, 6) is -0.505. The Morgan fingerprint density at radius 3 is 2.48 bits per heavy atom. The molecule has 5 heteroatoms. The number of nitrogens with zero attached hydrogens (tertiary/aromatic N) is 1. The molecular formula is C18H26N2O3. The fraction of sp³-hybridized carbons (Fsp3) is 0.556. The van der Waals surface area contributed by atoms with Gasteiger partial charge in [-0.25, -0.2) is 0 Å². The smallest absolute Gasteiger partial charge is 0.232 e. The number of hydrogen-bond donors (Lipinski definition) is 2. The zero-order valence-electron chi connectivity index (χ0n) is 13.8. The fourth-order valence-electron chi connectivity index (χ4n) is 3.09. The van der Waals surface area contributed by atoms with Gasteiger partial charge in [0.15, 0.2) is 0 Å². The molecule has 1 aliphatic rings. The molecule has 1 aromatic rings. The van der Waals surface area contributed by atoms with Crippen LogP contribution in [0.3, 0.4) is 0 Å². The second-order valence-electron chi connectivity index (χ2n) is 6.30. The van der Waals surface area contributed by atoms with Crippen molar-refractivity contribution >= 4 is 11.8 Å². The summed E-state index contributed by atoms with van der Waals surface area (Å²) in [5.41, 5.74) is 0.185. The predicted octanol–water partition coefficient (Wildman–Crippen LogP) is 1.85. The third-order valence-corrected chi connectivity index (χ3v) is 4.27. The van der Waals surface area contributed by atoms with Crippen LogP contribution in [0.25, 0.3) is 0 Å². The van der Waals surface area contributed by atoms with Crippen molar-refractivity contribution in [1.82, 2.24) is 10.2 Å². The highest BCUT2D eigenvalue weighted by molar-refractivity contribution is 5.96. The van der Waals surface area contributed by atoms with Crippen LogP contribution in [0.15, 0.2) is 30.3 Å². The largest absolute Gasteiger partial charge is 0.388 e. The third-order valence-electron chi connectivity index (χ3n) is 4.27. The number of amides is 2. The van der Waals surface area contributed by atoms with Gasteiger partial charge in [0.25, 0.3) is 0 Å². The molecule has 0 heterocycles. The Morgan fingerprint density at radius 2 is 1.87 bits per heavy atom. The van der Waals surface area contributed by atoms with Crippen LogP contribution in [0.5, 0.6) is 0 Å². The Hall–Kier alpha value is -1.88. The molecule has 2 rings (SSSR count). The second-order valence-corrected chi connectivity index (χ2v) is 6.30. The van der Waals surface area contributed by atoms with Crippen LogP contribution in [0.4, 0.5) is 0 Å². The van der Waals surface area contributed by atoms with Crippen LogP contribution in [0.1, 0.15) is 44.6 Å². The lowest BCUT2D eigenvalue weighted by molar-refractivity contribution is -0.139. The molecule has 1 saturated carbocycles. The van der Waals surface area contributed by atoms with E-state index in [1.165, 1.54) is 0 Å². The second kappa shape index (κ2) is 8.11. The van der Waals surface area contributed by atoms with Crippen LogP contribution >= 0.6 is 0 Å². The Bertz CT molecular complexity index is 524. The molecule has 2 N–H and O–H groups in total. The van der Waals surface area contributed by atoms with Crippen LogP contribution in [-0.4, -0.2) is 40.5 Å². The molecule has 0 saturated heterocycles. The van der Waals surface area contributed by atoms with Crippen molar-refractivity contribution in [3.63, 3.8) is 0 Å². The number of carbonyl (C=O) groups is 2. The zero-order valence-corrected chi connectivity index (χ0v) is 13.8. The summed E-state index contributed by atoms with van der Waals surface area (Å²) in [6, 6.07) is 9.67. The average molecular weight is 318 g/mol. The first-order valence-corrected chi connectivity index (χ1v) is 8.33. The monoisotopic (exact) mass is 318 g/mol. The first-order chi connectivity index (χ1) is 11.0. The molecule has 126 valence electrons. The van der Waals surface area contributed by atoms with Crippen LogP contribution in [0, 0.1) is 0 Å². The van der Waals surface area contributed by atoms with E-state index in [9.17, 15) is 14.7 Å². The van der Waals surface area contributed by atoms with Gasteiger partial charge in [-0.1, -0.05) is 43.2 Å². The molecule has 0 spiro atoms. The van der Waals surface area contributed by atoms with Gasteiger partial charge in [0.1, 0.15) is 6.42 Å². The van der Waals surface area contributed by atoms with E-state index in [0.717, 1.165) is 18.4 Å². The number of benzene rings is 1. The lowest BCUT2D eigenvalue weighted by atomic mass is 10.0. The van der Waals surface area contributed by atoms with E-state index in [2.05, 4.69) is 5.32 Å². The van der Waals surface area contributed by atoms with Crippen molar-refractivity contribution in [1.29, 1.82) is 0 Å². The number of aliphatic hydroxyl groups is 1. The van der Waals surface area contributed by atoms with E-state index in [-0.39, 0.29) is 18.2 Å². The fourth-order valence-corrected chi connectivity index (χ4v) is 3.09. The van der Waals surface area contributed by atoms with E-state index >= 15 is 0 Å². The maximum absolute atomic E-state index is 12.5. The van der Waals surface area contributed by atoms with Crippen LogP contribution in [0.2, 0.25) is 0 Å². The first kappa shape index (κ1) is 17.5. The third kappa shape index (κ3) is 5.36. The molecule has 23 heavy (non-hydrogen) atoms. The molecule has 5 nitrogen and oxygen atoms in total. The molecule has 0 radical (unpaired) electrons. The van der Waals surface area contributed by atoms with Gasteiger partial charge in [-0.2, -0.15) is 0 Å². The zero-order chi connectivity index (χ0) is 16.7. The summed E-state index contributed by atoms with van der Waals surface area (Å²) in [6.45, 7) is 3.04. The normalized spacial score (nSPS) is 16.1. The van der Waals surface area contributed by atoms with Gasteiger partial charge in [0, 0.05) is 19.6 Å². The van der Waals surface area contributed by atoms with Gasteiger partial charge >= 0.3 is 0 Å². The van der Waals surface area contributed by atoms with Crippen LogP contribution < -0.4 is 5.32 Å². The first-order valence-electron chi connectivity index (χ1n) is 8.33. The van der Waals surface area contributed by atoms with Gasteiger partial charge in [-0.05, 0) is 25.3 Å². The average Bonchev–Trinajstić information content (AvgIpc) is 2.94. The van der Waals surface area contributed by atoms with Crippen molar-refractivity contribution in [3.05, 3.63) is 35.9 Å². The van der Waals surface area contributed by atoms with Gasteiger partial charge in [-0.3, -0.25) is 9.59 Å². The Morgan fingerprint density at radius 1 is 1.22 bits per heavy atom. The lowest BCUT2D eigenvalue weighted by Crippen LogP contribution is -2.45. The van der Waals surface area contributed by atoms with Crippen molar-refractivity contribution < 1.29 is 14.7 Å². The predicted molar refractivity (Wildman–Crippen MR) is 88.6 cm³/mol. The summed E-state index contributed by atoms with van der Waals surface area (Å²) in [7, 11) is 0. The number of hydrogen-bond acceptors (Lipinski definition) is 3. The Kier molecular flexibility index (Phi) is 6.16. The molecule has 0 bridgehead atoms. The highest BCUT2D eigenvalue weighted by Gasteiger charge is 2.34. The molecular weight excluding hydrogens is 292 g/mol. The Labute approximate surface area is 137 Å². The lowest BCUT2D eigenvalue weighted by Gasteiger charge is -2.31. The van der Waals surface area contributed by atoms with E-state index < -0.39 is 5.60 Å². The van der Waals surface area contributed by atoms with Gasteiger partial charge in [-0.15, -0.1) is 0 Å². The SMILES string of the molecule is CCNC(=O)CC(=O)N(Cc1ccccc1)CC1(O)CCCC1. The number of nitrogens with one attached hydrogen (secondary N) is 1. The summed E-state index contributed by atoms with van der Waals surface area (Å²) in [4.78, 5) is 25.8. The maximum Gasteiger partial charge on any atom is 0.232 e. The van der Waals surface area contributed by atoms with E-state index in [0.29, 0.717) is 32.5 Å². The molecule has 1 aromatic carbocycles. The minimum atomic E-state index is -0.814. The minimum absolute atomic E-state index is 0.170. The molecule has 0 aliphatic heterocycles. The van der Waals surface area contributed by atoms with E-state index in [4.69, 9.17) is 0 Å². The highest BCUT2D eigenvalue weighted by Crippen LogP contribution is 2.30. The van der Waals surface area contributed by atoms with Crippen molar-refractivity contribution in [2.45, 2.75) is 51.2 Å². The van der Waals surface area contributed by atoms with Gasteiger partial charge in [0.2, 0.25) is 11.8 Å². The minimum Gasteiger partial charge on any atom is -0.388 e. The number of rotatable bonds is 7. The highest BCUT2D eigenvalue weighted by atomic mass is 16.3. The summed E-state index contributed by atoms with van der Waals surface area (Å²) in [5, 5.41) is 13.3. The van der Waals surface area contributed by atoms with Crippen molar-refractivity contribution in [2.24, 2.45) is 0 Å². The van der Waals surface area contributed by atoms with Crippen LogP contribution in [-0.2, 0) is 16.1 Å². The Balaban J connectivity index is 2.06. The molecule has 0 atom stereocenters. The number of carbonyl (C=O) groups excluding carboxylic acids is 2. The van der Waals surface area contributed by atoms with Crippen molar-refractivity contribution in [2.75, 3.05) is 13.1 Å². The summed E-state index contributed by atoms with van der Waals surface area (Å²) in [6.07, 6.45) is 3.23. The molecule has 0 aromatic heterocycles. The quantitative estimate of drug-likeness (QED) is 0.754. The summed E-state index contributed by atoms with van der Waals surface area (Å²) >= 11 is 0. The van der Waals surface area contributed by atoms with E-state index in [1.54, 1.807) is 4.90 Å². The maximum atomic E-state index is 12.5.